The molecule has 0 bridgehead atoms. The van der Waals surface area contributed by atoms with Crippen molar-refractivity contribution in [3.05, 3.63) is 34.9 Å². The van der Waals surface area contributed by atoms with E-state index in [1.54, 1.807) is 0 Å². The summed E-state index contributed by atoms with van der Waals surface area (Å²) in [5, 5.41) is 0. The molecule has 0 aliphatic rings. The van der Waals surface area contributed by atoms with Crippen molar-refractivity contribution in [3.63, 3.8) is 0 Å². The second kappa shape index (κ2) is 6.95. The van der Waals surface area contributed by atoms with Gasteiger partial charge in [-0.05, 0) is 51.3 Å². The summed E-state index contributed by atoms with van der Waals surface area (Å²) in [5.74, 6) is 1.25. The number of rotatable bonds is 6. The Kier molecular flexibility index (Phi) is 5.89. The van der Waals surface area contributed by atoms with E-state index in [9.17, 15) is 4.79 Å². The minimum absolute atomic E-state index is 0.202. The number of carbonyl (C=O) groups is 1. The van der Waals surface area contributed by atoms with E-state index < -0.39 is 0 Å². The minimum atomic E-state index is 0.202. The second-order valence-corrected chi connectivity index (χ2v) is 5.85. The monoisotopic (exact) mass is 265 g/mol. The number of hydrogen-bond acceptors (Lipinski definition) is 3. The lowest BCUT2D eigenvalue weighted by atomic mass is 10.0. The number of hydrogen-bond donors (Lipinski definition) is 0. The van der Waals surface area contributed by atoms with E-state index in [-0.39, 0.29) is 5.78 Å². The van der Waals surface area contributed by atoms with E-state index in [1.807, 2.05) is 43.9 Å². The smallest absolute Gasteiger partial charge is 0.176 e. The molecule has 0 amide bonds. The van der Waals surface area contributed by atoms with Gasteiger partial charge in [0, 0.05) is 17.4 Å². The molecular weight excluding hydrogens is 242 g/mol. The predicted molar refractivity (Wildman–Crippen MR) is 80.7 cm³/mol. The number of carbonyl (C=O) groups excluding carboxylic acids is 1. The van der Waals surface area contributed by atoms with Crippen LogP contribution in [0.15, 0.2) is 18.2 Å². The summed E-state index contributed by atoms with van der Waals surface area (Å²) in [7, 11) is 2.01. The first-order valence-electron chi connectivity index (χ1n) is 6.25. The topological polar surface area (TPSA) is 20.3 Å². The predicted octanol–water partition coefficient (Wildman–Crippen LogP) is 3.17. The molecule has 0 aromatic heterocycles. The maximum absolute atomic E-state index is 12.2. The Balaban J connectivity index is 2.67. The summed E-state index contributed by atoms with van der Waals surface area (Å²) >= 11 is 1.81. The Bertz CT molecular complexity index is 417. The van der Waals surface area contributed by atoms with Gasteiger partial charge < -0.3 is 0 Å². The molecule has 0 saturated heterocycles. The van der Waals surface area contributed by atoms with Gasteiger partial charge >= 0.3 is 0 Å². The number of Topliss-reactive ketones (excluding diaryl/α,β-unsaturated/α-hetero) is 1. The number of ketones is 1. The first-order valence-corrected chi connectivity index (χ1v) is 7.64. The van der Waals surface area contributed by atoms with Crippen LogP contribution in [0.1, 0.15) is 28.4 Å². The maximum atomic E-state index is 12.2. The summed E-state index contributed by atoms with van der Waals surface area (Å²) < 4.78 is 0. The van der Waals surface area contributed by atoms with Crippen molar-refractivity contribution in [2.45, 2.75) is 26.8 Å². The van der Waals surface area contributed by atoms with Crippen LogP contribution >= 0.6 is 11.8 Å². The highest BCUT2D eigenvalue weighted by atomic mass is 32.2. The van der Waals surface area contributed by atoms with Crippen LogP contribution in [0.2, 0.25) is 0 Å². The van der Waals surface area contributed by atoms with Crippen molar-refractivity contribution in [2.24, 2.45) is 0 Å². The molecule has 0 saturated carbocycles. The fourth-order valence-corrected chi connectivity index (χ4v) is 2.49. The van der Waals surface area contributed by atoms with Crippen LogP contribution < -0.4 is 0 Å². The number of nitrogens with zero attached hydrogens (tertiary/aromatic N) is 1. The first-order chi connectivity index (χ1) is 8.45. The molecule has 2 nitrogen and oxygen atoms in total. The van der Waals surface area contributed by atoms with Gasteiger partial charge in [-0.25, -0.2) is 0 Å². The molecule has 0 heterocycles. The average molecular weight is 265 g/mol. The van der Waals surface area contributed by atoms with Crippen molar-refractivity contribution in [3.8, 4) is 0 Å². The molecule has 3 heteroatoms. The molecule has 18 heavy (non-hydrogen) atoms. The van der Waals surface area contributed by atoms with Gasteiger partial charge in [-0.1, -0.05) is 12.1 Å². The Morgan fingerprint density at radius 2 is 2.00 bits per heavy atom. The molecule has 1 atom stereocenters. The molecule has 0 spiro atoms. The Morgan fingerprint density at radius 3 is 2.56 bits per heavy atom. The Morgan fingerprint density at radius 1 is 1.33 bits per heavy atom. The Labute approximate surface area is 115 Å². The summed E-state index contributed by atoms with van der Waals surface area (Å²) in [6, 6.07) is 6.37. The third-order valence-electron chi connectivity index (χ3n) is 3.38. The molecule has 1 rings (SSSR count). The molecule has 0 aliphatic carbocycles. The third kappa shape index (κ3) is 4.14. The molecule has 1 aromatic carbocycles. The van der Waals surface area contributed by atoms with E-state index in [0.29, 0.717) is 12.6 Å². The highest BCUT2D eigenvalue weighted by molar-refractivity contribution is 7.98. The maximum Gasteiger partial charge on any atom is 0.176 e. The lowest BCUT2D eigenvalue weighted by Gasteiger charge is -2.23. The number of likely N-dealkylation sites (N-methyl/N-ethyl adjacent to an activating group) is 1. The molecule has 1 unspecified atom stereocenters. The van der Waals surface area contributed by atoms with Crippen molar-refractivity contribution < 1.29 is 4.79 Å². The van der Waals surface area contributed by atoms with E-state index in [0.717, 1.165) is 11.3 Å². The van der Waals surface area contributed by atoms with Crippen molar-refractivity contribution in [1.29, 1.82) is 0 Å². The van der Waals surface area contributed by atoms with Crippen LogP contribution in [-0.4, -0.2) is 42.3 Å². The zero-order valence-corrected chi connectivity index (χ0v) is 12.8. The summed E-state index contributed by atoms with van der Waals surface area (Å²) in [6.07, 6.45) is 2.09. The van der Waals surface area contributed by atoms with Crippen LogP contribution in [0.4, 0.5) is 0 Å². The molecule has 0 fully saturated rings. The van der Waals surface area contributed by atoms with Gasteiger partial charge in [0.25, 0.3) is 0 Å². The van der Waals surface area contributed by atoms with Crippen molar-refractivity contribution >= 4 is 17.5 Å². The van der Waals surface area contributed by atoms with Crippen LogP contribution in [-0.2, 0) is 0 Å². The molecule has 0 N–H and O–H groups in total. The second-order valence-electron chi connectivity index (χ2n) is 4.94. The molecule has 0 radical (unpaired) electrons. The lowest BCUT2D eigenvalue weighted by Crippen LogP contribution is -2.35. The highest BCUT2D eigenvalue weighted by Crippen LogP contribution is 2.12. The standard InChI is InChI=1S/C15H23NOS/c1-11-6-7-14(8-12(11)2)15(17)9-16(4)13(3)10-18-5/h6-8,13H,9-10H2,1-5H3. The Hall–Kier alpha value is -0.800. The van der Waals surface area contributed by atoms with Crippen LogP contribution in [0.5, 0.6) is 0 Å². The molecular formula is C15H23NOS. The van der Waals surface area contributed by atoms with Gasteiger partial charge in [0.1, 0.15) is 0 Å². The normalized spacial score (nSPS) is 12.8. The van der Waals surface area contributed by atoms with Gasteiger partial charge in [-0.3, -0.25) is 9.69 Å². The third-order valence-corrected chi connectivity index (χ3v) is 4.20. The minimum Gasteiger partial charge on any atom is -0.295 e. The summed E-state index contributed by atoms with van der Waals surface area (Å²) in [6.45, 7) is 6.76. The fraction of sp³-hybridized carbons (Fsp3) is 0.533. The molecule has 100 valence electrons. The van der Waals surface area contributed by atoms with E-state index >= 15 is 0 Å². The van der Waals surface area contributed by atoms with E-state index in [4.69, 9.17) is 0 Å². The number of thioether (sulfide) groups is 1. The first kappa shape index (κ1) is 15.3. The number of aryl methyl sites for hydroxylation is 2. The zero-order valence-electron chi connectivity index (χ0n) is 12.0. The summed E-state index contributed by atoms with van der Waals surface area (Å²) in [5.41, 5.74) is 3.23. The van der Waals surface area contributed by atoms with E-state index in [2.05, 4.69) is 25.0 Å². The molecule has 1 aromatic rings. The SMILES string of the molecule is CSCC(C)N(C)CC(=O)c1ccc(C)c(C)c1. The largest absolute Gasteiger partial charge is 0.295 e. The van der Waals surface area contributed by atoms with Crippen molar-refractivity contribution in [2.75, 3.05) is 25.6 Å². The van der Waals surface area contributed by atoms with Gasteiger partial charge in [-0.15, -0.1) is 0 Å². The quantitative estimate of drug-likeness (QED) is 0.737. The van der Waals surface area contributed by atoms with E-state index in [1.165, 1.54) is 11.1 Å². The molecule has 0 aliphatic heterocycles. The van der Waals surface area contributed by atoms with Gasteiger partial charge in [0.05, 0.1) is 6.54 Å². The van der Waals surface area contributed by atoms with Crippen LogP contribution in [0.3, 0.4) is 0 Å². The summed E-state index contributed by atoms with van der Waals surface area (Å²) in [4.78, 5) is 14.3. The van der Waals surface area contributed by atoms with Gasteiger partial charge in [0.15, 0.2) is 5.78 Å². The number of benzene rings is 1. The van der Waals surface area contributed by atoms with Crippen LogP contribution in [0.25, 0.3) is 0 Å². The van der Waals surface area contributed by atoms with Crippen molar-refractivity contribution in [1.82, 2.24) is 4.90 Å². The average Bonchev–Trinajstić information content (AvgIpc) is 2.32. The highest BCUT2D eigenvalue weighted by Gasteiger charge is 2.14. The van der Waals surface area contributed by atoms with Gasteiger partial charge in [0.2, 0.25) is 0 Å². The lowest BCUT2D eigenvalue weighted by molar-refractivity contribution is 0.0931. The van der Waals surface area contributed by atoms with Crippen LogP contribution in [0, 0.1) is 13.8 Å². The zero-order chi connectivity index (χ0) is 13.7. The fourth-order valence-electron chi connectivity index (χ4n) is 1.76. The van der Waals surface area contributed by atoms with Gasteiger partial charge in [-0.2, -0.15) is 11.8 Å².